The Bertz CT molecular complexity index is 2900. The molecule has 19 heteroatoms. The van der Waals surface area contributed by atoms with E-state index in [0.29, 0.717) is 23.2 Å². The first kappa shape index (κ1) is 51.9. The summed E-state index contributed by atoms with van der Waals surface area (Å²) in [4.78, 5) is 73.6. The molecule has 0 saturated carbocycles. The molecule has 368 valence electrons. The first-order valence-electron chi connectivity index (χ1n) is 22.4. The lowest BCUT2D eigenvalue weighted by molar-refractivity contribution is -0.135. The van der Waals surface area contributed by atoms with Crippen LogP contribution in [0.4, 0.5) is 25.8 Å². The summed E-state index contributed by atoms with van der Waals surface area (Å²) in [6.45, 7) is 10.7. The lowest BCUT2D eigenvalue weighted by Gasteiger charge is -2.28. The van der Waals surface area contributed by atoms with Crippen LogP contribution in [0.25, 0.3) is 33.2 Å². The predicted molar refractivity (Wildman–Crippen MR) is 262 cm³/mol. The summed E-state index contributed by atoms with van der Waals surface area (Å²) < 4.78 is 47.2. The number of hydrogen-bond acceptors (Lipinski definition) is 13. The minimum atomic E-state index is -0.996. The molecule has 71 heavy (non-hydrogen) atoms. The number of carbonyl (C=O) groups is 5. The topological polar surface area (TPSA) is 207 Å². The number of pyridine rings is 2. The van der Waals surface area contributed by atoms with E-state index in [1.165, 1.54) is 37.2 Å². The number of ether oxygens (including phenoxy) is 3. The van der Waals surface area contributed by atoms with Crippen LogP contribution < -0.4 is 25.6 Å². The van der Waals surface area contributed by atoms with E-state index in [-0.39, 0.29) is 61.8 Å². The van der Waals surface area contributed by atoms with E-state index < -0.39 is 47.3 Å². The van der Waals surface area contributed by atoms with E-state index in [4.69, 9.17) is 14.2 Å². The van der Waals surface area contributed by atoms with Gasteiger partial charge in [-0.15, -0.1) is 0 Å². The van der Waals surface area contributed by atoms with Crippen LogP contribution in [0.1, 0.15) is 39.7 Å². The fourth-order valence-electron chi connectivity index (χ4n) is 7.20. The quantitative estimate of drug-likeness (QED) is 0.0248. The molecule has 5 amide bonds. The van der Waals surface area contributed by atoms with Crippen molar-refractivity contribution in [1.29, 1.82) is 0 Å². The molecule has 17 nitrogen and oxygen atoms in total. The second-order valence-electron chi connectivity index (χ2n) is 16.3. The average molecular weight is 970 g/mol. The fourth-order valence-corrected chi connectivity index (χ4v) is 7.20. The zero-order valence-electron chi connectivity index (χ0n) is 39.7. The van der Waals surface area contributed by atoms with Crippen molar-refractivity contribution in [3.05, 3.63) is 145 Å². The summed E-state index contributed by atoms with van der Waals surface area (Å²) in [5.41, 5.74) is 5.05. The molecule has 0 radical (unpaired) electrons. The van der Waals surface area contributed by atoms with E-state index in [1.54, 1.807) is 75.9 Å². The van der Waals surface area contributed by atoms with E-state index in [0.717, 1.165) is 44.6 Å². The number of benzene rings is 3. The Hall–Kier alpha value is -8.45. The van der Waals surface area contributed by atoms with Gasteiger partial charge in [0.25, 0.3) is 5.91 Å². The molecule has 0 saturated heterocycles. The van der Waals surface area contributed by atoms with E-state index in [9.17, 15) is 28.4 Å². The molecule has 6 rings (SSSR count). The van der Waals surface area contributed by atoms with Crippen LogP contribution >= 0.6 is 0 Å². The normalized spacial score (nSPS) is 11.9. The van der Waals surface area contributed by atoms with Crippen molar-refractivity contribution in [1.82, 2.24) is 35.7 Å². The maximum atomic E-state index is 15.7. The number of anilines is 3. The first-order chi connectivity index (χ1) is 34.2. The Labute approximate surface area is 408 Å². The zero-order valence-corrected chi connectivity index (χ0v) is 39.7. The average Bonchev–Trinajstić information content (AvgIpc) is 3.36. The van der Waals surface area contributed by atoms with E-state index >= 15 is 4.39 Å². The molecule has 0 aliphatic rings. The second kappa shape index (κ2) is 24.7. The number of rotatable bonds is 23. The van der Waals surface area contributed by atoms with Gasteiger partial charge in [0.1, 0.15) is 36.0 Å². The molecule has 0 spiro atoms. The van der Waals surface area contributed by atoms with Gasteiger partial charge in [0.2, 0.25) is 30.0 Å². The van der Waals surface area contributed by atoms with Crippen molar-refractivity contribution in [3.63, 3.8) is 0 Å². The zero-order chi connectivity index (χ0) is 51.0. The van der Waals surface area contributed by atoms with Gasteiger partial charge in [-0.1, -0.05) is 38.1 Å². The summed E-state index contributed by atoms with van der Waals surface area (Å²) in [5, 5.41) is 16.9. The number of methoxy groups -OCH3 is 1. The highest BCUT2D eigenvalue weighted by Crippen LogP contribution is 2.40. The minimum Gasteiger partial charge on any atom is -0.479 e. The molecule has 0 fully saturated rings. The molecule has 6 aromatic rings. The van der Waals surface area contributed by atoms with Gasteiger partial charge in [-0.25, -0.2) is 13.8 Å². The standard InChI is InChI=1S/C52H53F2N9O8/c1-7-8-48(66)62(31-64)22-24-70-23-19-47(65)61-49(32(2)3)51(68)59-33(4)50(67)60-40-13-9-35(10-14-40)30-71-34(5)63(45-16-12-39(53)27-43(45)54)46-26-38(28-56-52(46)69-6)36-11-15-44-42(25-36)41(18-20-55-44)37-17-21-57-58-29-37/h7-18,20-21,25-29,31-33,49H,5,19,22-24,30H2,1-4,6H3,(H,59,68)(H,60,67)(H,61,65)/b8-7-/t33-,49?/m0/s1. The van der Waals surface area contributed by atoms with Gasteiger partial charge in [0, 0.05) is 47.1 Å². The van der Waals surface area contributed by atoms with Crippen molar-refractivity contribution in [2.24, 2.45) is 5.92 Å². The van der Waals surface area contributed by atoms with Crippen molar-refractivity contribution in [3.8, 4) is 28.1 Å². The monoisotopic (exact) mass is 969 g/mol. The number of nitrogens with zero attached hydrogens (tertiary/aromatic N) is 6. The Morgan fingerprint density at radius 3 is 2.30 bits per heavy atom. The molecule has 1 unspecified atom stereocenters. The molecular formula is C52H53F2N9O8. The van der Waals surface area contributed by atoms with Crippen LogP contribution in [0, 0.1) is 17.6 Å². The third-order valence-corrected chi connectivity index (χ3v) is 11.0. The number of aromatic nitrogens is 4. The molecule has 3 aromatic heterocycles. The minimum absolute atomic E-state index is 0.00945. The number of fused-ring (bicyclic) bond motifs is 1. The van der Waals surface area contributed by atoms with Gasteiger partial charge < -0.3 is 30.2 Å². The van der Waals surface area contributed by atoms with Gasteiger partial charge in [-0.3, -0.25) is 38.8 Å². The maximum Gasteiger partial charge on any atom is 0.252 e. The lowest BCUT2D eigenvalue weighted by Crippen LogP contribution is -2.53. The number of nitrogens with one attached hydrogen (secondary N) is 3. The van der Waals surface area contributed by atoms with Crippen molar-refractivity contribution < 1.29 is 47.0 Å². The third kappa shape index (κ3) is 13.6. The molecule has 3 aromatic carbocycles. The fraction of sp³-hybridized carbons (Fsp3) is 0.250. The number of amides is 5. The highest BCUT2D eigenvalue weighted by Gasteiger charge is 2.28. The summed E-state index contributed by atoms with van der Waals surface area (Å²) in [5.74, 6) is -4.01. The Morgan fingerprint density at radius 1 is 0.817 bits per heavy atom. The molecule has 0 aliphatic heterocycles. The van der Waals surface area contributed by atoms with E-state index in [1.807, 2.05) is 30.3 Å². The highest BCUT2D eigenvalue weighted by molar-refractivity contribution is 5.99. The highest BCUT2D eigenvalue weighted by atomic mass is 19.1. The van der Waals surface area contributed by atoms with Crippen molar-refractivity contribution in [2.75, 3.05) is 37.1 Å². The van der Waals surface area contributed by atoms with Crippen molar-refractivity contribution >= 4 is 58.0 Å². The Morgan fingerprint density at radius 2 is 1.61 bits per heavy atom. The second-order valence-corrected chi connectivity index (χ2v) is 16.3. The van der Waals surface area contributed by atoms with Crippen molar-refractivity contribution in [2.45, 2.75) is 52.8 Å². The van der Waals surface area contributed by atoms with Crippen LogP contribution in [0.2, 0.25) is 0 Å². The Kier molecular flexibility index (Phi) is 18.1. The molecule has 3 N–H and O–H groups in total. The summed E-state index contributed by atoms with van der Waals surface area (Å²) in [6.07, 6.45) is 9.68. The van der Waals surface area contributed by atoms with Crippen LogP contribution in [-0.2, 0) is 40.1 Å². The number of hydrogen-bond donors (Lipinski definition) is 3. The summed E-state index contributed by atoms with van der Waals surface area (Å²) >= 11 is 0. The van der Waals surface area contributed by atoms with Gasteiger partial charge in [-0.2, -0.15) is 10.2 Å². The molecule has 0 bridgehead atoms. The molecule has 3 heterocycles. The lowest BCUT2D eigenvalue weighted by atomic mass is 9.99. The van der Waals surface area contributed by atoms with Gasteiger partial charge in [0.05, 0.1) is 50.5 Å². The Balaban J connectivity index is 1.09. The van der Waals surface area contributed by atoms with Crippen LogP contribution in [0.15, 0.2) is 128 Å². The van der Waals surface area contributed by atoms with Crippen LogP contribution in [0.5, 0.6) is 5.88 Å². The number of halogens is 2. The summed E-state index contributed by atoms with van der Waals surface area (Å²) in [6, 6.07) is 19.0. The van der Waals surface area contributed by atoms with Crippen LogP contribution in [-0.4, -0.2) is 94.1 Å². The smallest absolute Gasteiger partial charge is 0.252 e. The number of allylic oxidation sites excluding steroid dienone is 1. The SMILES string of the molecule is C=C(OCc1ccc(NC(=O)[C@H](C)NC(=O)C(NC(=O)CCOCCN(C=O)C(=O)/C=C\C)C(C)C)cc1)N(c1ccc(F)cc1F)c1cc(-c2ccc3nccc(-c4ccnnc4)c3c2)cnc1OC. The summed E-state index contributed by atoms with van der Waals surface area (Å²) in [7, 11) is 1.41. The largest absolute Gasteiger partial charge is 0.479 e. The first-order valence-corrected chi connectivity index (χ1v) is 22.4. The van der Waals surface area contributed by atoms with Gasteiger partial charge >= 0.3 is 0 Å². The van der Waals surface area contributed by atoms with E-state index in [2.05, 4.69) is 42.7 Å². The number of carbonyl (C=O) groups excluding carboxylic acids is 5. The maximum absolute atomic E-state index is 15.7. The van der Waals surface area contributed by atoms with Gasteiger partial charge in [0.15, 0.2) is 5.88 Å². The molecule has 0 aliphatic carbocycles. The van der Waals surface area contributed by atoms with Crippen LogP contribution in [0.3, 0.4) is 0 Å². The van der Waals surface area contributed by atoms with Gasteiger partial charge in [-0.05, 0) is 104 Å². The molecule has 2 atom stereocenters. The predicted octanol–water partition coefficient (Wildman–Crippen LogP) is 7.42. The third-order valence-electron chi connectivity index (χ3n) is 11.0. The number of imide groups is 1. The molecular weight excluding hydrogens is 917 g/mol.